The summed E-state index contributed by atoms with van der Waals surface area (Å²) in [6, 6.07) is 0. The Morgan fingerprint density at radius 2 is 0.364 bits per heavy atom. The van der Waals surface area contributed by atoms with E-state index in [-0.39, 0.29) is 468 Å². The quantitative estimate of drug-likeness (QED) is 0.355. The van der Waals surface area contributed by atoms with Crippen molar-refractivity contribution in [2.24, 2.45) is 0 Å². The van der Waals surface area contributed by atoms with E-state index in [2.05, 4.69) is 13.8 Å². The molecule has 22 heavy (non-hydrogen) atoms. The van der Waals surface area contributed by atoms with E-state index in [4.69, 9.17) is 0 Å². The zero-order chi connectivity index (χ0) is 3.41. The monoisotopic (exact) mass is 2080 g/mol. The van der Waals surface area contributed by atoms with Gasteiger partial charge in [-0.1, -0.05) is 0 Å². The van der Waals surface area contributed by atoms with Crippen molar-refractivity contribution in [3.05, 3.63) is 28.7 Å². The van der Waals surface area contributed by atoms with Crippen molar-refractivity contribution in [2.75, 3.05) is 0 Å². The molecule has 0 aliphatic carbocycles. The molecule has 0 aromatic carbocycles. The van der Waals surface area contributed by atoms with E-state index in [1.807, 2.05) is 0 Å². The van der Waals surface area contributed by atoms with E-state index >= 15 is 0 Å². The molecule has 0 aromatic heterocycles. The maximum atomic E-state index is 3.54. The number of hydrogen-bond donors (Lipinski definition) is 0. The smallest absolute Gasteiger partial charge is 0 e. The van der Waals surface area contributed by atoms with Crippen LogP contribution in [-0.4, -0.2) is 0 Å². The van der Waals surface area contributed by atoms with Crippen LogP contribution in [0.5, 0.6) is 0 Å². The molecule has 0 aliphatic heterocycles. The van der Waals surface area contributed by atoms with Gasteiger partial charge in [-0.2, -0.15) is 0 Å². The Kier molecular flexibility index (Phi) is 1020. The largest absolute Gasteiger partial charge is 0.358 e. The van der Waals surface area contributed by atoms with Crippen LogP contribution in [0.15, 0.2) is 0 Å². The second-order valence-corrected chi connectivity index (χ2v) is 0.707. The van der Waals surface area contributed by atoms with Crippen LogP contribution < -0.4 is 0 Å². The Balaban J connectivity index is -0.000000000294. The molecule has 108 valence electrons. The van der Waals surface area contributed by atoms with Crippen molar-refractivity contribution in [2.45, 2.75) is 12.8 Å². The summed E-state index contributed by atoms with van der Waals surface area (Å²) in [5.41, 5.74) is 0. The third-order valence-electron chi connectivity index (χ3n) is 0.250. The Labute approximate surface area is 479 Å². The zero-order valence-electron chi connectivity index (χ0n) is 13.1. The third-order valence-corrected chi connectivity index (χ3v) is 0.250. The van der Waals surface area contributed by atoms with E-state index in [0.717, 1.165) is 12.8 Å². The van der Waals surface area contributed by atoms with Gasteiger partial charge in [0.25, 0.3) is 0 Å². The molecule has 0 spiro atoms. The fourth-order valence-corrected chi connectivity index (χ4v) is 0. The van der Waals surface area contributed by atoms with Gasteiger partial charge < -0.3 is 28.7 Å². The van der Waals surface area contributed by atoms with Crippen LogP contribution in [0.2, 0.25) is 0 Å². The molecule has 0 unspecified atom stereocenters. The molecule has 0 N–H and O–H groups in total. The van der Waals surface area contributed by atoms with Crippen LogP contribution >= 0.6 is 0 Å². The van der Waals surface area contributed by atoms with Crippen molar-refractivity contribution in [3.8, 4) is 0 Å². The maximum absolute atomic E-state index is 3.54. The summed E-state index contributed by atoms with van der Waals surface area (Å²) in [5, 5.41) is 0. The van der Waals surface area contributed by atoms with E-state index < -0.39 is 0 Å². The number of rotatable bonds is 1. The summed E-state index contributed by atoms with van der Waals surface area (Å²) >= 11 is 0. The third kappa shape index (κ3) is 157. The van der Waals surface area contributed by atoms with Crippen molar-refractivity contribution in [1.82, 2.24) is 0 Å². The van der Waals surface area contributed by atoms with Crippen molar-refractivity contribution >= 4 is 0 Å². The van der Waals surface area contributed by atoms with E-state index in [1.54, 1.807) is 0 Å². The fraction of sp³-hybridized carbons (Fsp3) is 0.333. The first-order chi connectivity index (χ1) is 1.91. The van der Waals surface area contributed by atoms with Gasteiger partial charge in [0.1, 0.15) is 0 Å². The average Bonchev–Trinajstić information content (AvgIpc) is 1.37. The van der Waals surface area contributed by atoms with Gasteiger partial charge in [-0.05, 0) is 0 Å². The summed E-state index contributed by atoms with van der Waals surface area (Å²) < 4.78 is 0. The minimum Gasteiger partial charge on any atom is -0.358 e. The van der Waals surface area contributed by atoms with Crippen LogP contribution in [0.3, 0.4) is 0 Å². The maximum Gasteiger partial charge on any atom is 0 e. The Morgan fingerprint density at radius 1 is 0.318 bits per heavy atom. The molecule has 0 atom stereocenters. The first-order valence-corrected chi connectivity index (χ1v) is 1.50. The fourth-order valence-electron chi connectivity index (χ4n) is 0. The van der Waals surface area contributed by atoms with Gasteiger partial charge in [-0.25, -0.2) is 12.8 Å². The predicted octanol–water partition coefficient (Wildman–Crippen LogP) is 2.30. The van der Waals surface area contributed by atoms with Gasteiger partial charge in [-0.3, -0.25) is 0 Å². The van der Waals surface area contributed by atoms with Gasteiger partial charge in [0.2, 0.25) is 0 Å². The normalized spacial score (nSPS) is 1.36. The van der Waals surface area contributed by atoms with E-state index in [9.17, 15) is 0 Å². The first-order valence-electron chi connectivity index (χ1n) is 1.50. The summed E-state index contributed by atoms with van der Waals surface area (Å²) in [4.78, 5) is 0. The molecule has 0 aliphatic rings. The average molecular weight is 2080 g/mol. The van der Waals surface area contributed by atoms with Gasteiger partial charge >= 0.3 is 0 Å². The predicted molar refractivity (Wildman–Crippen MR) is 32.8 cm³/mol. The van der Waals surface area contributed by atoms with Crippen LogP contribution in [0.1, 0.15) is 12.8 Å². The first kappa shape index (κ1) is 147. The molecule has 0 bridgehead atoms. The van der Waals surface area contributed by atoms with Gasteiger partial charge in [-0.15, -0.1) is 0 Å². The molecule has 0 fully saturated rings. The van der Waals surface area contributed by atoms with Crippen LogP contribution in [0, 0.1) is 28.7 Å². The molecular formula is C6H14W6Y10-4. The summed E-state index contributed by atoms with van der Waals surface area (Å²) in [6.45, 7) is 7.08. The van der Waals surface area contributed by atoms with E-state index in [1.165, 1.54) is 0 Å². The van der Waals surface area contributed by atoms with Gasteiger partial charge in [0.05, 0.1) is 0 Å². The Morgan fingerprint density at radius 3 is 0.364 bits per heavy atom. The van der Waals surface area contributed by atoms with Crippen molar-refractivity contribution < 1.29 is 453 Å². The second kappa shape index (κ2) is 152. The topological polar surface area (TPSA) is 0 Å². The van der Waals surface area contributed by atoms with Crippen LogP contribution in [0.4, 0.5) is 0 Å². The standard InChI is InChI=1S/C4H8.2CH3.6W.10Y/c1-3-4-2;;;;;;;;;;;;;;;;;;/h1-4H2;2*1H3;;;;;;;;;;;;;;;;/q-2;2*-1;;;;;;;;;;;;;;;;. The Hall–Kier alpha value is 15.2. The molecule has 0 saturated carbocycles. The van der Waals surface area contributed by atoms with Gasteiger partial charge in [0, 0.05) is 453 Å². The minimum absolute atomic E-state index is 0. The molecule has 0 rings (SSSR count). The van der Waals surface area contributed by atoms with Crippen molar-refractivity contribution in [3.63, 3.8) is 0 Å². The molecule has 0 heterocycles. The second-order valence-electron chi connectivity index (χ2n) is 0.707. The molecule has 10 radical (unpaired) electrons. The number of unbranched alkanes of at least 4 members (excludes halogenated alkanes) is 1. The molecule has 0 aromatic rings. The minimum atomic E-state index is 0. The van der Waals surface area contributed by atoms with Crippen molar-refractivity contribution in [1.29, 1.82) is 0 Å². The van der Waals surface area contributed by atoms with Crippen LogP contribution in [-0.2, 0) is 453 Å². The molecule has 16 heteroatoms. The van der Waals surface area contributed by atoms with E-state index in [0.29, 0.717) is 0 Å². The zero-order valence-corrected chi connectivity index (χ0v) is 59.0. The Bertz CT molecular complexity index is 35.9. The summed E-state index contributed by atoms with van der Waals surface area (Å²) in [7, 11) is 0. The molecule has 0 saturated heterocycles. The molecule has 0 nitrogen and oxygen atoms in total. The number of hydrogen-bond acceptors (Lipinski definition) is 0. The van der Waals surface area contributed by atoms with Crippen LogP contribution in [0.25, 0.3) is 0 Å². The summed E-state index contributed by atoms with van der Waals surface area (Å²) in [5.74, 6) is 0. The van der Waals surface area contributed by atoms with Gasteiger partial charge in [0.15, 0.2) is 0 Å². The summed E-state index contributed by atoms with van der Waals surface area (Å²) in [6.07, 6.45) is 1.92. The molecular weight excluding hydrogens is 2060 g/mol. The SMILES string of the molecule is [CH2-]CC[CH2-].[CH3-].[CH3-].[W].[W].[W].[W].[W].[W].[Y].[Y].[Y].[Y].[Y].[Y].[Y].[Y].[Y].[Y]. The molecule has 0 amide bonds.